The number of nitrogens with one attached hydrogen (secondary N) is 1. The minimum Gasteiger partial charge on any atom is -0.464 e. The van der Waals surface area contributed by atoms with Crippen LogP contribution in [0, 0.1) is 0 Å². The topological polar surface area (TPSA) is 110 Å². The summed E-state index contributed by atoms with van der Waals surface area (Å²) >= 11 is 0. The van der Waals surface area contributed by atoms with E-state index < -0.39 is 28.1 Å². The number of esters is 1. The average Bonchev–Trinajstić information content (AvgIpc) is 3.33. The molecule has 0 spiro atoms. The van der Waals surface area contributed by atoms with E-state index in [1.54, 1.807) is 48.5 Å². The van der Waals surface area contributed by atoms with Crippen LogP contribution in [0.1, 0.15) is 112 Å². The summed E-state index contributed by atoms with van der Waals surface area (Å²) in [6.07, 6.45) is 12.6. The predicted octanol–water partition coefficient (Wildman–Crippen LogP) is 7.52. The van der Waals surface area contributed by atoms with Crippen molar-refractivity contribution in [2.75, 3.05) is 6.61 Å². The van der Waals surface area contributed by atoms with E-state index in [0.717, 1.165) is 24.8 Å². The van der Waals surface area contributed by atoms with Crippen LogP contribution in [0.2, 0.25) is 0 Å². The van der Waals surface area contributed by atoms with Crippen LogP contribution in [-0.2, 0) is 19.6 Å². The van der Waals surface area contributed by atoms with Gasteiger partial charge < -0.3 is 9.84 Å². The lowest BCUT2D eigenvalue weighted by molar-refractivity contribution is -0.148. The number of sulfonamides is 1. The molecule has 0 aromatic heterocycles. The van der Waals surface area contributed by atoms with Crippen LogP contribution in [0.5, 0.6) is 0 Å². The minimum absolute atomic E-state index is 0.140. The molecule has 3 aromatic rings. The summed E-state index contributed by atoms with van der Waals surface area (Å²) in [6, 6.07) is 18.3. The number of aliphatic hydroxyl groups excluding tert-OH is 1. The maximum Gasteiger partial charge on any atom is 0.327 e. The molecule has 4 rings (SSSR count). The van der Waals surface area contributed by atoms with Crippen LogP contribution < -0.4 is 4.72 Å². The van der Waals surface area contributed by atoms with Crippen molar-refractivity contribution in [3.8, 4) is 11.1 Å². The summed E-state index contributed by atoms with van der Waals surface area (Å²) in [5, 5.41) is 11.1. The zero-order valence-electron chi connectivity index (χ0n) is 25.7. The Morgan fingerprint density at radius 1 is 0.727 bits per heavy atom. The second-order valence-corrected chi connectivity index (χ2v) is 13.3. The molecule has 0 bridgehead atoms. The molecule has 7 nitrogen and oxygen atoms in total. The van der Waals surface area contributed by atoms with Gasteiger partial charge in [-0.1, -0.05) is 138 Å². The first kappa shape index (κ1) is 33.6. The van der Waals surface area contributed by atoms with Crippen LogP contribution in [0.25, 0.3) is 11.1 Å². The molecule has 0 amide bonds. The number of aliphatic hydroxyl groups is 1. The SMILES string of the molecule is CCCCCCCCCCCCCCOC(=O)C(NS(=O)(=O)c1ccc2c(c1)C(=O)c1ccccc1-2)C(O)c1ccccc1. The maximum atomic E-state index is 13.5. The summed E-state index contributed by atoms with van der Waals surface area (Å²) in [6.45, 7) is 2.37. The van der Waals surface area contributed by atoms with Crippen molar-refractivity contribution >= 4 is 21.8 Å². The minimum atomic E-state index is -4.31. The fraction of sp³-hybridized carbons (Fsp3) is 0.444. The molecule has 2 atom stereocenters. The number of hydrogen-bond donors (Lipinski definition) is 2. The number of unbranched alkanes of at least 4 members (excludes halogenated alkanes) is 11. The molecule has 3 aromatic carbocycles. The van der Waals surface area contributed by atoms with Crippen molar-refractivity contribution in [1.82, 2.24) is 4.72 Å². The molecule has 0 aliphatic heterocycles. The Balaban J connectivity index is 1.33. The highest BCUT2D eigenvalue weighted by Gasteiger charge is 2.35. The van der Waals surface area contributed by atoms with Crippen molar-refractivity contribution in [3.05, 3.63) is 89.5 Å². The third-order valence-corrected chi connectivity index (χ3v) is 9.68. The quantitative estimate of drug-likeness (QED) is 0.0830. The Morgan fingerprint density at radius 2 is 1.27 bits per heavy atom. The molecule has 236 valence electrons. The lowest BCUT2D eigenvalue weighted by Gasteiger charge is -2.23. The van der Waals surface area contributed by atoms with E-state index >= 15 is 0 Å². The fourth-order valence-electron chi connectivity index (χ4n) is 5.70. The van der Waals surface area contributed by atoms with Gasteiger partial charge in [0.1, 0.15) is 12.1 Å². The van der Waals surface area contributed by atoms with E-state index in [9.17, 15) is 23.1 Å². The van der Waals surface area contributed by atoms with Crippen LogP contribution in [0.4, 0.5) is 0 Å². The normalized spacial score (nSPS) is 13.7. The zero-order chi connectivity index (χ0) is 31.4. The summed E-state index contributed by atoms with van der Waals surface area (Å²) in [7, 11) is -4.31. The van der Waals surface area contributed by atoms with Gasteiger partial charge in [-0.05, 0) is 35.2 Å². The molecule has 0 fully saturated rings. The second kappa shape index (κ2) is 16.7. The predicted molar refractivity (Wildman–Crippen MR) is 173 cm³/mol. The van der Waals surface area contributed by atoms with Crippen LogP contribution in [-0.4, -0.2) is 37.9 Å². The fourth-order valence-corrected chi connectivity index (χ4v) is 6.91. The number of hydrogen-bond acceptors (Lipinski definition) is 6. The van der Waals surface area contributed by atoms with Gasteiger partial charge in [0.05, 0.1) is 11.5 Å². The van der Waals surface area contributed by atoms with E-state index in [2.05, 4.69) is 11.6 Å². The number of carbonyl (C=O) groups is 2. The molecule has 44 heavy (non-hydrogen) atoms. The molecule has 0 heterocycles. The number of rotatable bonds is 19. The third kappa shape index (κ3) is 8.87. The Labute approximate surface area is 262 Å². The Bertz CT molecular complexity index is 1490. The molecule has 8 heteroatoms. The van der Waals surface area contributed by atoms with Gasteiger partial charge in [0.25, 0.3) is 0 Å². The Kier molecular flexibility index (Phi) is 12.7. The van der Waals surface area contributed by atoms with Gasteiger partial charge >= 0.3 is 5.97 Å². The molecular formula is C36H45NO6S. The van der Waals surface area contributed by atoms with E-state index in [1.807, 2.05) is 12.1 Å². The van der Waals surface area contributed by atoms with Crippen molar-refractivity contribution in [3.63, 3.8) is 0 Å². The van der Waals surface area contributed by atoms with Gasteiger partial charge in [0.15, 0.2) is 5.78 Å². The lowest BCUT2D eigenvalue weighted by Crippen LogP contribution is -2.46. The van der Waals surface area contributed by atoms with Gasteiger partial charge in [-0.2, -0.15) is 4.72 Å². The monoisotopic (exact) mass is 619 g/mol. The van der Waals surface area contributed by atoms with Crippen LogP contribution in [0.3, 0.4) is 0 Å². The summed E-state index contributed by atoms with van der Waals surface area (Å²) in [5.74, 6) is -1.10. The first-order valence-electron chi connectivity index (χ1n) is 16.0. The van der Waals surface area contributed by atoms with Crippen molar-refractivity contribution in [2.24, 2.45) is 0 Å². The highest BCUT2D eigenvalue weighted by molar-refractivity contribution is 7.89. The summed E-state index contributed by atoms with van der Waals surface area (Å²) < 4.78 is 34.9. The van der Waals surface area contributed by atoms with Gasteiger partial charge in [0.2, 0.25) is 10.0 Å². The smallest absolute Gasteiger partial charge is 0.327 e. The standard InChI is InChI=1S/C36H45NO6S/c1-2-3-4-5-6-7-8-9-10-11-12-18-25-43-36(40)33(34(38)27-19-14-13-15-20-27)37-44(41,42)28-23-24-30-29-21-16-17-22-31(29)35(39)32(30)26-28/h13-17,19-24,26,33-34,37-38H,2-12,18,25H2,1H3. The average molecular weight is 620 g/mol. The molecule has 1 aliphatic rings. The van der Waals surface area contributed by atoms with Gasteiger partial charge in [-0.3, -0.25) is 9.59 Å². The van der Waals surface area contributed by atoms with Crippen molar-refractivity contribution < 1.29 is 27.9 Å². The zero-order valence-corrected chi connectivity index (χ0v) is 26.5. The molecule has 2 unspecified atom stereocenters. The van der Waals surface area contributed by atoms with Crippen molar-refractivity contribution in [1.29, 1.82) is 0 Å². The largest absolute Gasteiger partial charge is 0.464 e. The Hall–Kier alpha value is -3.33. The van der Waals surface area contributed by atoms with E-state index in [-0.39, 0.29) is 22.8 Å². The molecule has 2 N–H and O–H groups in total. The highest BCUT2D eigenvalue weighted by atomic mass is 32.2. The number of carbonyl (C=O) groups excluding carboxylic acids is 2. The first-order chi connectivity index (χ1) is 21.3. The van der Waals surface area contributed by atoms with E-state index in [1.165, 1.54) is 63.5 Å². The summed E-state index contributed by atoms with van der Waals surface area (Å²) in [5.41, 5.74) is 2.59. The van der Waals surface area contributed by atoms with Crippen LogP contribution in [0.15, 0.2) is 77.7 Å². The van der Waals surface area contributed by atoms with Crippen molar-refractivity contribution in [2.45, 2.75) is 101 Å². The third-order valence-electron chi connectivity index (χ3n) is 8.24. The number of ketones is 1. The van der Waals surface area contributed by atoms with Gasteiger partial charge in [-0.15, -0.1) is 0 Å². The van der Waals surface area contributed by atoms with E-state index in [0.29, 0.717) is 23.1 Å². The highest BCUT2D eigenvalue weighted by Crippen LogP contribution is 2.37. The number of fused-ring (bicyclic) bond motifs is 3. The molecule has 0 saturated heterocycles. The molecule has 1 aliphatic carbocycles. The second-order valence-electron chi connectivity index (χ2n) is 11.6. The van der Waals surface area contributed by atoms with Crippen LogP contribution >= 0.6 is 0 Å². The summed E-state index contributed by atoms with van der Waals surface area (Å²) in [4.78, 5) is 26.0. The van der Waals surface area contributed by atoms with Gasteiger partial charge in [0, 0.05) is 11.1 Å². The number of ether oxygens (including phenoxy) is 1. The van der Waals surface area contributed by atoms with Gasteiger partial charge in [-0.25, -0.2) is 8.42 Å². The molecule has 0 saturated carbocycles. The van der Waals surface area contributed by atoms with E-state index in [4.69, 9.17) is 4.74 Å². The number of benzene rings is 3. The molecule has 0 radical (unpaired) electrons. The lowest BCUT2D eigenvalue weighted by atomic mass is 10.0. The molecular weight excluding hydrogens is 574 g/mol. The maximum absolute atomic E-state index is 13.5. The Morgan fingerprint density at radius 3 is 1.91 bits per heavy atom. The first-order valence-corrected chi connectivity index (χ1v) is 17.5.